The van der Waals surface area contributed by atoms with Crippen molar-refractivity contribution in [3.8, 4) is 0 Å². The van der Waals surface area contributed by atoms with E-state index in [1.54, 1.807) is 11.0 Å². The molecular weight excluding hydrogens is 476 g/mol. The molecule has 0 unspecified atom stereocenters. The number of benzene rings is 2. The van der Waals surface area contributed by atoms with Crippen LogP contribution in [0.2, 0.25) is 5.02 Å². The van der Waals surface area contributed by atoms with Gasteiger partial charge in [-0.05, 0) is 67.7 Å². The van der Waals surface area contributed by atoms with Crippen LogP contribution in [0.5, 0.6) is 0 Å². The average molecular weight is 507 g/mol. The molecule has 3 heterocycles. The number of likely N-dealkylation sites (tertiary alicyclic amines) is 1. The maximum Gasteiger partial charge on any atom is 0.231 e. The van der Waals surface area contributed by atoms with Crippen molar-refractivity contribution in [3.05, 3.63) is 76.5 Å². The summed E-state index contributed by atoms with van der Waals surface area (Å²) in [4.78, 5) is 29.7. The van der Waals surface area contributed by atoms with Gasteiger partial charge in [-0.1, -0.05) is 47.4 Å². The zero-order chi connectivity index (χ0) is 24.9. The van der Waals surface area contributed by atoms with Crippen molar-refractivity contribution in [3.63, 3.8) is 0 Å². The van der Waals surface area contributed by atoms with Gasteiger partial charge in [-0.25, -0.2) is 0 Å². The predicted octanol–water partition coefficient (Wildman–Crippen LogP) is 5.09. The number of aryl methyl sites for hydroxylation is 2. The van der Waals surface area contributed by atoms with Crippen molar-refractivity contribution >= 4 is 34.9 Å². The van der Waals surface area contributed by atoms with E-state index >= 15 is 0 Å². The molecule has 0 bridgehead atoms. The molecule has 1 N–H and O–H groups in total. The van der Waals surface area contributed by atoms with Gasteiger partial charge in [0.25, 0.3) is 0 Å². The molecule has 36 heavy (non-hydrogen) atoms. The van der Waals surface area contributed by atoms with Crippen LogP contribution in [0.3, 0.4) is 0 Å². The Balaban J connectivity index is 1.12. The first-order chi connectivity index (χ1) is 17.5. The third-order valence-corrected chi connectivity index (χ3v) is 7.23. The van der Waals surface area contributed by atoms with Gasteiger partial charge in [0.05, 0.1) is 5.92 Å². The summed E-state index contributed by atoms with van der Waals surface area (Å²) in [5.74, 6) is 0.376. The summed E-state index contributed by atoms with van der Waals surface area (Å²) in [6.45, 7) is 3.60. The number of nitrogens with zero attached hydrogens (tertiary/aromatic N) is 3. The van der Waals surface area contributed by atoms with Gasteiger partial charge >= 0.3 is 0 Å². The SMILES string of the molecule is O=C(Nc1cc(CCc2ccc(Cl)cc2)on1)[C@@H]1CC(=O)N(c2ccc(CN3CCCCC3)cc2)C1. The van der Waals surface area contributed by atoms with E-state index in [1.165, 1.54) is 24.8 Å². The van der Waals surface area contributed by atoms with Gasteiger partial charge in [-0.3, -0.25) is 14.5 Å². The number of carbonyl (C=O) groups excluding carboxylic acids is 2. The Morgan fingerprint density at radius 3 is 2.47 bits per heavy atom. The van der Waals surface area contributed by atoms with Gasteiger partial charge in [0.2, 0.25) is 11.8 Å². The first kappa shape index (κ1) is 24.5. The molecule has 8 heteroatoms. The Hall–Kier alpha value is -3.16. The number of piperidine rings is 1. The van der Waals surface area contributed by atoms with Crippen LogP contribution in [-0.2, 0) is 29.0 Å². The minimum absolute atomic E-state index is 0.0391. The number of carbonyl (C=O) groups is 2. The highest BCUT2D eigenvalue weighted by molar-refractivity contribution is 6.30. The van der Waals surface area contributed by atoms with Crippen molar-refractivity contribution < 1.29 is 14.1 Å². The minimum Gasteiger partial charge on any atom is -0.359 e. The molecule has 5 rings (SSSR count). The summed E-state index contributed by atoms with van der Waals surface area (Å²) < 4.78 is 5.38. The lowest BCUT2D eigenvalue weighted by Crippen LogP contribution is -2.29. The number of nitrogens with one attached hydrogen (secondary N) is 1. The van der Waals surface area contributed by atoms with E-state index in [9.17, 15) is 9.59 Å². The molecule has 2 amide bonds. The molecule has 0 saturated carbocycles. The first-order valence-corrected chi connectivity index (χ1v) is 13.0. The van der Waals surface area contributed by atoms with Crippen LogP contribution in [0.1, 0.15) is 42.6 Å². The summed E-state index contributed by atoms with van der Waals surface area (Å²) in [5, 5.41) is 7.49. The quantitative estimate of drug-likeness (QED) is 0.460. The Morgan fingerprint density at radius 1 is 1.00 bits per heavy atom. The van der Waals surface area contributed by atoms with Gasteiger partial charge in [0, 0.05) is 42.7 Å². The lowest BCUT2D eigenvalue weighted by atomic mass is 10.1. The van der Waals surface area contributed by atoms with E-state index < -0.39 is 5.92 Å². The van der Waals surface area contributed by atoms with E-state index in [1.807, 2.05) is 36.4 Å². The Morgan fingerprint density at radius 2 is 1.72 bits per heavy atom. The molecule has 7 nitrogen and oxygen atoms in total. The minimum atomic E-state index is -0.431. The number of halogens is 1. The number of rotatable bonds is 8. The zero-order valence-electron chi connectivity index (χ0n) is 20.3. The highest BCUT2D eigenvalue weighted by Gasteiger charge is 2.35. The van der Waals surface area contributed by atoms with Gasteiger partial charge < -0.3 is 14.7 Å². The standard InChI is InChI=1S/C28H31ClN4O3/c29-23-9-4-20(5-10-23)8-13-25-17-26(31-36-25)30-28(35)22-16-27(34)33(19-22)24-11-6-21(7-12-24)18-32-14-2-1-3-15-32/h4-7,9-12,17,22H,1-3,8,13-16,18-19H2,(H,30,31,35)/t22-/m1/s1. The molecule has 2 aliphatic heterocycles. The molecule has 0 aliphatic carbocycles. The van der Waals surface area contributed by atoms with Gasteiger partial charge in [0.15, 0.2) is 5.82 Å². The Bertz CT molecular complexity index is 1190. The summed E-state index contributed by atoms with van der Waals surface area (Å²) in [6.07, 6.45) is 5.48. The number of amides is 2. The van der Waals surface area contributed by atoms with Crippen LogP contribution in [0.15, 0.2) is 59.1 Å². The molecule has 2 fully saturated rings. The number of hydrogen-bond acceptors (Lipinski definition) is 5. The van der Waals surface area contributed by atoms with E-state index in [2.05, 4.69) is 27.5 Å². The summed E-state index contributed by atoms with van der Waals surface area (Å²) >= 11 is 5.93. The lowest BCUT2D eigenvalue weighted by molar-refractivity contribution is -0.122. The molecule has 3 aromatic rings. The van der Waals surface area contributed by atoms with Crippen LogP contribution in [0, 0.1) is 5.92 Å². The van der Waals surface area contributed by atoms with Crippen molar-refractivity contribution in [2.45, 2.75) is 45.1 Å². The van der Waals surface area contributed by atoms with Crippen LogP contribution in [-0.4, -0.2) is 41.5 Å². The van der Waals surface area contributed by atoms with Crippen LogP contribution >= 0.6 is 11.6 Å². The largest absolute Gasteiger partial charge is 0.359 e. The first-order valence-electron chi connectivity index (χ1n) is 12.7. The molecule has 2 aliphatic rings. The zero-order valence-corrected chi connectivity index (χ0v) is 21.0. The molecule has 1 aromatic heterocycles. The maximum atomic E-state index is 12.8. The molecule has 1 atom stereocenters. The van der Waals surface area contributed by atoms with Crippen molar-refractivity contribution in [2.75, 3.05) is 29.9 Å². The normalized spacial score (nSPS) is 18.5. The monoisotopic (exact) mass is 506 g/mol. The van der Waals surface area contributed by atoms with Crippen LogP contribution in [0.4, 0.5) is 11.5 Å². The van der Waals surface area contributed by atoms with Crippen molar-refractivity contribution in [1.82, 2.24) is 10.1 Å². The fourth-order valence-corrected chi connectivity index (χ4v) is 5.05. The fourth-order valence-electron chi connectivity index (χ4n) is 4.93. The second-order valence-electron chi connectivity index (χ2n) is 9.70. The van der Waals surface area contributed by atoms with Crippen molar-refractivity contribution in [2.24, 2.45) is 5.92 Å². The maximum absolute atomic E-state index is 12.8. The summed E-state index contributed by atoms with van der Waals surface area (Å²) in [5.41, 5.74) is 3.23. The van der Waals surface area contributed by atoms with Gasteiger partial charge in [-0.2, -0.15) is 0 Å². The topological polar surface area (TPSA) is 78.7 Å². The van der Waals surface area contributed by atoms with Crippen LogP contribution < -0.4 is 10.2 Å². The number of aromatic nitrogens is 1. The smallest absolute Gasteiger partial charge is 0.231 e. The second kappa shape index (κ2) is 11.3. The van der Waals surface area contributed by atoms with E-state index in [0.717, 1.165) is 37.3 Å². The van der Waals surface area contributed by atoms with E-state index in [4.69, 9.17) is 16.1 Å². The van der Waals surface area contributed by atoms with Gasteiger partial charge in [0.1, 0.15) is 5.76 Å². The third-order valence-electron chi connectivity index (χ3n) is 6.98. The molecule has 188 valence electrons. The fraction of sp³-hybridized carbons (Fsp3) is 0.393. The lowest BCUT2D eigenvalue weighted by Gasteiger charge is -2.26. The molecule has 0 radical (unpaired) electrons. The molecule has 0 spiro atoms. The van der Waals surface area contributed by atoms with E-state index in [0.29, 0.717) is 29.6 Å². The number of hydrogen-bond donors (Lipinski definition) is 1. The van der Waals surface area contributed by atoms with E-state index in [-0.39, 0.29) is 18.2 Å². The molecule has 2 aromatic carbocycles. The molecule has 2 saturated heterocycles. The summed E-state index contributed by atoms with van der Waals surface area (Å²) in [7, 11) is 0. The predicted molar refractivity (Wildman–Crippen MR) is 140 cm³/mol. The average Bonchev–Trinajstić information content (AvgIpc) is 3.51. The van der Waals surface area contributed by atoms with Crippen LogP contribution in [0.25, 0.3) is 0 Å². The number of anilines is 2. The summed E-state index contributed by atoms with van der Waals surface area (Å²) in [6, 6.07) is 17.6. The van der Waals surface area contributed by atoms with Gasteiger partial charge in [-0.15, -0.1) is 0 Å². The Labute approximate surface area is 216 Å². The highest BCUT2D eigenvalue weighted by Crippen LogP contribution is 2.27. The van der Waals surface area contributed by atoms with Crippen molar-refractivity contribution in [1.29, 1.82) is 0 Å². The highest BCUT2D eigenvalue weighted by atomic mass is 35.5. The second-order valence-corrected chi connectivity index (χ2v) is 10.1. The molecular formula is C28H31ClN4O3. The third kappa shape index (κ3) is 6.15. The Kier molecular flexibility index (Phi) is 7.68.